The van der Waals surface area contributed by atoms with E-state index in [0.717, 1.165) is 57.3 Å². The molecule has 2 rings (SSSR count). The van der Waals surface area contributed by atoms with Crippen molar-refractivity contribution >= 4 is 17.3 Å². The molecule has 0 radical (unpaired) electrons. The molecule has 0 aliphatic carbocycles. The highest BCUT2D eigenvalue weighted by atomic mass is 35.5. The van der Waals surface area contributed by atoms with Crippen LogP contribution in [-0.2, 0) is 6.54 Å². The van der Waals surface area contributed by atoms with Gasteiger partial charge in [-0.15, -0.1) is 0 Å². The molecule has 4 nitrogen and oxygen atoms in total. The van der Waals surface area contributed by atoms with Gasteiger partial charge in [-0.25, -0.2) is 0 Å². The van der Waals surface area contributed by atoms with Gasteiger partial charge < -0.3 is 15.3 Å². The van der Waals surface area contributed by atoms with E-state index >= 15 is 0 Å². The third-order valence-electron chi connectivity index (χ3n) is 3.91. The highest BCUT2D eigenvalue weighted by molar-refractivity contribution is 6.30. The molecule has 1 heterocycles. The predicted molar refractivity (Wildman–Crippen MR) is 89.2 cm³/mol. The van der Waals surface area contributed by atoms with Gasteiger partial charge >= 0.3 is 0 Å². The molecule has 0 saturated carbocycles. The number of piperazine rings is 1. The van der Waals surface area contributed by atoms with Crippen LogP contribution in [0.1, 0.15) is 18.9 Å². The van der Waals surface area contributed by atoms with Crippen molar-refractivity contribution in [2.75, 3.05) is 50.8 Å². The summed E-state index contributed by atoms with van der Waals surface area (Å²) in [5.41, 5.74) is 2.55. The number of hydrogen-bond donors (Lipinski definition) is 2. The highest BCUT2D eigenvalue weighted by Crippen LogP contribution is 2.25. The lowest BCUT2D eigenvalue weighted by Crippen LogP contribution is -2.47. The summed E-state index contributed by atoms with van der Waals surface area (Å²) < 4.78 is 0. The molecule has 118 valence electrons. The lowest BCUT2D eigenvalue weighted by Gasteiger charge is -2.36. The number of aliphatic hydroxyl groups is 1. The fourth-order valence-electron chi connectivity index (χ4n) is 2.76. The average molecular weight is 312 g/mol. The number of β-amino-alcohol motifs (C(OH)–C–C–N with tert-alkyl or cyclic N) is 1. The van der Waals surface area contributed by atoms with Gasteiger partial charge in [0, 0.05) is 50.0 Å². The fraction of sp³-hybridized carbons (Fsp3) is 0.625. The molecule has 0 bridgehead atoms. The van der Waals surface area contributed by atoms with Crippen LogP contribution < -0.4 is 10.2 Å². The standard InChI is InChI=1S/C16H26ClN3O/c1-2-5-18-13-14-12-15(17)3-4-16(14)20-8-6-19(7-9-20)10-11-21/h3-4,12,18,21H,2,5-11,13H2,1H3. The third kappa shape index (κ3) is 4.85. The van der Waals surface area contributed by atoms with Gasteiger partial charge in [-0.05, 0) is 36.7 Å². The summed E-state index contributed by atoms with van der Waals surface area (Å²) >= 11 is 6.15. The van der Waals surface area contributed by atoms with Crippen LogP contribution in [-0.4, -0.2) is 55.9 Å². The Hall–Kier alpha value is -0.810. The van der Waals surface area contributed by atoms with Crippen molar-refractivity contribution in [3.05, 3.63) is 28.8 Å². The lowest BCUT2D eigenvalue weighted by atomic mass is 10.1. The SMILES string of the molecule is CCCNCc1cc(Cl)ccc1N1CCN(CCO)CC1. The first-order valence-corrected chi connectivity index (χ1v) is 8.19. The molecular weight excluding hydrogens is 286 g/mol. The zero-order valence-electron chi connectivity index (χ0n) is 12.8. The molecule has 2 N–H and O–H groups in total. The molecule has 0 atom stereocenters. The zero-order chi connectivity index (χ0) is 15.1. The minimum absolute atomic E-state index is 0.243. The van der Waals surface area contributed by atoms with Crippen LogP contribution in [0.4, 0.5) is 5.69 Å². The second kappa shape index (κ2) is 8.59. The molecule has 0 amide bonds. The Bertz CT molecular complexity index is 434. The summed E-state index contributed by atoms with van der Waals surface area (Å²) in [7, 11) is 0. The number of anilines is 1. The first kappa shape index (κ1) is 16.6. The molecule has 1 aromatic carbocycles. The molecule has 1 aliphatic rings. The smallest absolute Gasteiger partial charge is 0.0558 e. The van der Waals surface area contributed by atoms with Crippen LogP contribution >= 0.6 is 11.6 Å². The third-order valence-corrected chi connectivity index (χ3v) is 4.15. The summed E-state index contributed by atoms with van der Waals surface area (Å²) in [6, 6.07) is 6.17. The van der Waals surface area contributed by atoms with Crippen molar-refractivity contribution in [2.24, 2.45) is 0 Å². The molecule has 21 heavy (non-hydrogen) atoms. The van der Waals surface area contributed by atoms with Crippen molar-refractivity contribution in [1.29, 1.82) is 0 Å². The Morgan fingerprint density at radius 3 is 2.67 bits per heavy atom. The Morgan fingerprint density at radius 2 is 2.00 bits per heavy atom. The van der Waals surface area contributed by atoms with Gasteiger partial charge in [0.05, 0.1) is 6.61 Å². The minimum atomic E-state index is 0.243. The summed E-state index contributed by atoms with van der Waals surface area (Å²) in [6.45, 7) is 9.09. The summed E-state index contributed by atoms with van der Waals surface area (Å²) in [4.78, 5) is 4.73. The van der Waals surface area contributed by atoms with Gasteiger partial charge in [0.2, 0.25) is 0 Å². The van der Waals surface area contributed by atoms with Gasteiger partial charge in [0.15, 0.2) is 0 Å². The van der Waals surface area contributed by atoms with E-state index < -0.39 is 0 Å². The van der Waals surface area contributed by atoms with Crippen molar-refractivity contribution in [1.82, 2.24) is 10.2 Å². The Morgan fingerprint density at radius 1 is 1.24 bits per heavy atom. The van der Waals surface area contributed by atoms with E-state index in [1.165, 1.54) is 11.3 Å². The Kier molecular flexibility index (Phi) is 6.77. The molecule has 0 unspecified atom stereocenters. The fourth-order valence-corrected chi connectivity index (χ4v) is 2.95. The molecule has 0 spiro atoms. The van der Waals surface area contributed by atoms with Crippen LogP contribution in [0.2, 0.25) is 5.02 Å². The Balaban J connectivity index is 2.01. The monoisotopic (exact) mass is 311 g/mol. The zero-order valence-corrected chi connectivity index (χ0v) is 13.6. The quantitative estimate of drug-likeness (QED) is 0.755. The van der Waals surface area contributed by atoms with Crippen LogP contribution in [0.25, 0.3) is 0 Å². The van der Waals surface area contributed by atoms with E-state index in [1.807, 2.05) is 6.07 Å². The van der Waals surface area contributed by atoms with E-state index in [2.05, 4.69) is 34.2 Å². The molecular formula is C16H26ClN3O. The van der Waals surface area contributed by atoms with Crippen LogP contribution in [0.5, 0.6) is 0 Å². The predicted octanol–water partition coefficient (Wildman–Crippen LogP) is 1.95. The van der Waals surface area contributed by atoms with Gasteiger partial charge in [-0.2, -0.15) is 0 Å². The maximum absolute atomic E-state index is 9.02. The first-order chi connectivity index (χ1) is 10.2. The maximum Gasteiger partial charge on any atom is 0.0558 e. The summed E-state index contributed by atoms with van der Waals surface area (Å²) in [6.07, 6.45) is 1.13. The lowest BCUT2D eigenvalue weighted by molar-refractivity contribution is 0.188. The average Bonchev–Trinajstić information content (AvgIpc) is 2.49. The van der Waals surface area contributed by atoms with Crippen molar-refractivity contribution in [3.8, 4) is 0 Å². The molecule has 1 fully saturated rings. The molecule has 0 aromatic heterocycles. The first-order valence-electron chi connectivity index (χ1n) is 7.82. The van der Waals surface area contributed by atoms with Gasteiger partial charge in [-0.3, -0.25) is 4.90 Å². The van der Waals surface area contributed by atoms with Crippen LogP contribution in [0.15, 0.2) is 18.2 Å². The van der Waals surface area contributed by atoms with E-state index in [1.54, 1.807) is 0 Å². The molecule has 1 aromatic rings. The van der Waals surface area contributed by atoms with Gasteiger partial charge in [0.25, 0.3) is 0 Å². The number of benzene rings is 1. The number of hydrogen-bond acceptors (Lipinski definition) is 4. The topological polar surface area (TPSA) is 38.7 Å². The number of nitrogens with zero attached hydrogens (tertiary/aromatic N) is 2. The number of rotatable bonds is 7. The summed E-state index contributed by atoms with van der Waals surface area (Å²) in [5.74, 6) is 0. The van der Waals surface area contributed by atoms with Gasteiger partial charge in [-0.1, -0.05) is 18.5 Å². The van der Waals surface area contributed by atoms with E-state index in [9.17, 15) is 0 Å². The Labute approximate surface area is 132 Å². The second-order valence-corrected chi connectivity index (χ2v) is 5.94. The van der Waals surface area contributed by atoms with Crippen LogP contribution in [0, 0.1) is 0 Å². The number of aliphatic hydroxyl groups excluding tert-OH is 1. The molecule has 5 heteroatoms. The van der Waals surface area contributed by atoms with E-state index in [4.69, 9.17) is 16.7 Å². The number of halogens is 1. The number of nitrogens with one attached hydrogen (secondary N) is 1. The normalized spacial score (nSPS) is 16.4. The summed E-state index contributed by atoms with van der Waals surface area (Å²) in [5, 5.41) is 13.3. The van der Waals surface area contributed by atoms with Crippen molar-refractivity contribution < 1.29 is 5.11 Å². The van der Waals surface area contributed by atoms with Crippen molar-refractivity contribution in [2.45, 2.75) is 19.9 Å². The molecule has 1 aliphatic heterocycles. The van der Waals surface area contributed by atoms with Gasteiger partial charge in [0.1, 0.15) is 0 Å². The highest BCUT2D eigenvalue weighted by Gasteiger charge is 2.18. The second-order valence-electron chi connectivity index (χ2n) is 5.50. The molecule has 1 saturated heterocycles. The minimum Gasteiger partial charge on any atom is -0.395 e. The van der Waals surface area contributed by atoms with E-state index in [0.29, 0.717) is 0 Å². The largest absolute Gasteiger partial charge is 0.395 e. The maximum atomic E-state index is 9.02. The van der Waals surface area contributed by atoms with Crippen LogP contribution in [0.3, 0.4) is 0 Å². The van der Waals surface area contributed by atoms with Crippen molar-refractivity contribution in [3.63, 3.8) is 0 Å². The van der Waals surface area contributed by atoms with E-state index in [-0.39, 0.29) is 6.61 Å².